The molecule has 1 fully saturated rings. The zero-order valence-corrected chi connectivity index (χ0v) is 12.4. The second-order valence-corrected chi connectivity index (χ2v) is 7.19. The molecule has 3 N–H and O–H groups in total. The van der Waals surface area contributed by atoms with Crippen LogP contribution < -0.4 is 10.6 Å². The molecule has 0 saturated carbocycles. The summed E-state index contributed by atoms with van der Waals surface area (Å²) >= 11 is 0. The molecule has 8 nitrogen and oxygen atoms in total. The lowest BCUT2D eigenvalue weighted by Gasteiger charge is -2.23. The molecular formula is C11H19N5O3S. The highest BCUT2D eigenvalue weighted by atomic mass is 32.2. The number of nitrogens with zero attached hydrogens (tertiary/aromatic N) is 4. The van der Waals surface area contributed by atoms with Gasteiger partial charge in [-0.3, -0.25) is 4.68 Å². The number of hydrogen-bond acceptors (Lipinski definition) is 6. The second kappa shape index (κ2) is 5.31. The average Bonchev–Trinajstić information content (AvgIpc) is 2.55. The monoisotopic (exact) mass is 301 g/mol. The lowest BCUT2D eigenvalue weighted by atomic mass is 10.2. The molecule has 2 heterocycles. The Hall–Kier alpha value is -1.77. The van der Waals surface area contributed by atoms with Crippen LogP contribution in [-0.4, -0.2) is 53.8 Å². The average molecular weight is 301 g/mol. The normalized spacial score (nSPS) is 19.9. The van der Waals surface area contributed by atoms with E-state index in [2.05, 4.69) is 10.3 Å². The zero-order chi connectivity index (χ0) is 14.9. The van der Waals surface area contributed by atoms with Crippen LogP contribution in [0.1, 0.15) is 17.7 Å². The molecule has 1 aliphatic heterocycles. The van der Waals surface area contributed by atoms with Gasteiger partial charge in [-0.25, -0.2) is 8.42 Å². The van der Waals surface area contributed by atoms with Gasteiger partial charge in [0.2, 0.25) is 0 Å². The van der Waals surface area contributed by atoms with Gasteiger partial charge in [-0.15, -0.1) is 0 Å². The van der Waals surface area contributed by atoms with Gasteiger partial charge in [0.15, 0.2) is 15.7 Å². The van der Waals surface area contributed by atoms with Crippen LogP contribution in [0.15, 0.2) is 5.16 Å². The molecule has 0 unspecified atom stereocenters. The van der Waals surface area contributed by atoms with E-state index < -0.39 is 9.84 Å². The molecule has 1 aliphatic rings. The number of oxime groups is 1. The van der Waals surface area contributed by atoms with Gasteiger partial charge in [0.25, 0.3) is 0 Å². The molecule has 1 aromatic rings. The summed E-state index contributed by atoms with van der Waals surface area (Å²) in [6, 6.07) is 0. The smallest absolute Gasteiger partial charge is 0.175 e. The summed E-state index contributed by atoms with van der Waals surface area (Å²) in [5, 5.41) is 16.2. The first-order chi connectivity index (χ1) is 9.35. The van der Waals surface area contributed by atoms with Gasteiger partial charge in [-0.2, -0.15) is 5.10 Å². The Morgan fingerprint density at radius 2 is 2.10 bits per heavy atom. The van der Waals surface area contributed by atoms with Crippen LogP contribution in [-0.2, 0) is 16.9 Å². The van der Waals surface area contributed by atoms with E-state index in [1.54, 1.807) is 18.7 Å². The van der Waals surface area contributed by atoms with Gasteiger partial charge in [0.1, 0.15) is 5.82 Å². The lowest BCUT2D eigenvalue weighted by molar-refractivity contribution is 0.318. The number of anilines is 1. The quantitative estimate of drug-likeness (QED) is 0.328. The predicted molar refractivity (Wildman–Crippen MR) is 75.9 cm³/mol. The standard InChI is InChI=1S/C11H19N5O3S/c1-8-9(10(12)14-17)11(15(2)13-8)16-4-3-6-20(18,19)7-5-16/h17H,3-7H2,1-2H3,(H2,12,14). The third-order valence-electron chi connectivity index (χ3n) is 3.41. The van der Waals surface area contributed by atoms with Crippen molar-refractivity contribution in [2.75, 3.05) is 29.5 Å². The maximum atomic E-state index is 11.7. The van der Waals surface area contributed by atoms with Crippen LogP contribution in [0.4, 0.5) is 5.82 Å². The van der Waals surface area contributed by atoms with E-state index >= 15 is 0 Å². The molecule has 0 aliphatic carbocycles. The first-order valence-electron chi connectivity index (χ1n) is 6.32. The fourth-order valence-corrected chi connectivity index (χ4v) is 3.78. The molecule has 0 spiro atoms. The molecule has 9 heteroatoms. The summed E-state index contributed by atoms with van der Waals surface area (Å²) in [7, 11) is -1.23. The van der Waals surface area contributed by atoms with E-state index in [4.69, 9.17) is 10.9 Å². The van der Waals surface area contributed by atoms with E-state index in [1.807, 2.05) is 4.90 Å². The largest absolute Gasteiger partial charge is 0.409 e. The van der Waals surface area contributed by atoms with Gasteiger partial charge < -0.3 is 15.8 Å². The minimum atomic E-state index is -2.99. The van der Waals surface area contributed by atoms with Crippen molar-refractivity contribution < 1.29 is 13.6 Å². The topological polar surface area (TPSA) is 114 Å². The van der Waals surface area contributed by atoms with E-state index in [1.165, 1.54) is 0 Å². The van der Waals surface area contributed by atoms with Gasteiger partial charge in [-0.1, -0.05) is 5.16 Å². The number of hydrogen-bond donors (Lipinski definition) is 2. The Kier molecular flexibility index (Phi) is 3.89. The SMILES string of the molecule is Cc1nn(C)c(N2CCCS(=O)(=O)CC2)c1C(N)=NO. The maximum Gasteiger partial charge on any atom is 0.175 e. The summed E-state index contributed by atoms with van der Waals surface area (Å²) < 4.78 is 25.0. The molecule has 0 atom stereocenters. The van der Waals surface area contributed by atoms with Crippen LogP contribution in [0.2, 0.25) is 0 Å². The zero-order valence-electron chi connectivity index (χ0n) is 11.6. The Labute approximate surface area is 117 Å². The summed E-state index contributed by atoms with van der Waals surface area (Å²) in [5.41, 5.74) is 6.90. The van der Waals surface area contributed by atoms with Crippen LogP contribution in [0, 0.1) is 6.92 Å². The summed E-state index contributed by atoms with van der Waals surface area (Å²) in [5.74, 6) is 0.971. The lowest BCUT2D eigenvalue weighted by Crippen LogP contribution is -2.31. The number of sulfone groups is 1. The molecule has 0 aromatic carbocycles. The van der Waals surface area contributed by atoms with Crippen molar-refractivity contribution in [1.82, 2.24) is 9.78 Å². The third-order valence-corrected chi connectivity index (χ3v) is 5.13. The Balaban J connectivity index is 2.42. The van der Waals surface area contributed by atoms with Crippen molar-refractivity contribution in [3.8, 4) is 0 Å². The molecule has 2 rings (SSSR count). The van der Waals surface area contributed by atoms with Crippen LogP contribution >= 0.6 is 0 Å². The fourth-order valence-electron chi connectivity index (χ4n) is 2.51. The maximum absolute atomic E-state index is 11.7. The Morgan fingerprint density at radius 1 is 1.40 bits per heavy atom. The Morgan fingerprint density at radius 3 is 2.75 bits per heavy atom. The second-order valence-electron chi connectivity index (χ2n) is 4.89. The summed E-state index contributed by atoms with van der Waals surface area (Å²) in [4.78, 5) is 1.93. The van der Waals surface area contributed by atoms with Gasteiger partial charge >= 0.3 is 0 Å². The fraction of sp³-hybridized carbons (Fsp3) is 0.636. The van der Waals surface area contributed by atoms with Gasteiger partial charge in [0, 0.05) is 20.1 Å². The predicted octanol–water partition coefficient (Wildman–Crippen LogP) is -0.552. The van der Waals surface area contributed by atoms with Crippen molar-refractivity contribution in [3.05, 3.63) is 11.3 Å². The first kappa shape index (κ1) is 14.6. The highest BCUT2D eigenvalue weighted by Crippen LogP contribution is 2.24. The number of aromatic nitrogens is 2. The Bertz CT molecular complexity index is 635. The van der Waals surface area contributed by atoms with Gasteiger partial charge in [0.05, 0.1) is 22.8 Å². The molecule has 1 aromatic heterocycles. The summed E-state index contributed by atoms with van der Waals surface area (Å²) in [6.45, 7) is 2.75. The highest BCUT2D eigenvalue weighted by molar-refractivity contribution is 7.91. The van der Waals surface area contributed by atoms with Crippen molar-refractivity contribution in [3.63, 3.8) is 0 Å². The highest BCUT2D eigenvalue weighted by Gasteiger charge is 2.26. The summed E-state index contributed by atoms with van der Waals surface area (Å²) in [6.07, 6.45) is 0.558. The van der Waals surface area contributed by atoms with Crippen molar-refractivity contribution in [2.24, 2.45) is 17.9 Å². The molecule has 0 amide bonds. The van der Waals surface area contributed by atoms with Crippen molar-refractivity contribution in [2.45, 2.75) is 13.3 Å². The first-order valence-corrected chi connectivity index (χ1v) is 8.14. The number of nitrogens with two attached hydrogens (primary N) is 1. The van der Waals surface area contributed by atoms with Gasteiger partial charge in [-0.05, 0) is 13.3 Å². The van der Waals surface area contributed by atoms with E-state index in [9.17, 15) is 8.42 Å². The van der Waals surface area contributed by atoms with Crippen molar-refractivity contribution in [1.29, 1.82) is 0 Å². The van der Waals surface area contributed by atoms with Crippen LogP contribution in [0.25, 0.3) is 0 Å². The number of aryl methyl sites for hydroxylation is 2. The van der Waals surface area contributed by atoms with Crippen molar-refractivity contribution >= 4 is 21.5 Å². The molecule has 0 bridgehead atoms. The van der Waals surface area contributed by atoms with E-state index in [0.717, 1.165) is 0 Å². The third kappa shape index (κ3) is 2.72. The van der Waals surface area contributed by atoms with E-state index in [-0.39, 0.29) is 17.3 Å². The van der Waals surface area contributed by atoms with Crippen LogP contribution in [0.5, 0.6) is 0 Å². The van der Waals surface area contributed by atoms with E-state index in [0.29, 0.717) is 36.6 Å². The molecule has 20 heavy (non-hydrogen) atoms. The number of rotatable bonds is 2. The molecule has 112 valence electrons. The van der Waals surface area contributed by atoms with Crippen LogP contribution in [0.3, 0.4) is 0 Å². The molecule has 1 saturated heterocycles. The minimum Gasteiger partial charge on any atom is -0.409 e. The molecular weight excluding hydrogens is 282 g/mol. The number of amidine groups is 1. The molecule has 0 radical (unpaired) electrons. The minimum absolute atomic E-state index is 0.0160.